The molecule has 0 aliphatic carbocycles. The molecule has 0 heterocycles. The third-order valence-electron chi connectivity index (χ3n) is 2.45. The van der Waals surface area contributed by atoms with Crippen molar-refractivity contribution in [3.05, 3.63) is 29.8 Å². The Morgan fingerprint density at radius 1 is 1.37 bits per heavy atom. The molecular formula is C13H19ClN2O3. The van der Waals surface area contributed by atoms with E-state index in [9.17, 15) is 9.59 Å². The van der Waals surface area contributed by atoms with Gasteiger partial charge in [-0.1, -0.05) is 6.07 Å². The maximum atomic E-state index is 11.7. The fraction of sp³-hybridized carbons (Fsp3) is 0.385. The summed E-state index contributed by atoms with van der Waals surface area (Å²) >= 11 is 0. The van der Waals surface area contributed by atoms with Gasteiger partial charge in [-0.3, -0.25) is 4.79 Å². The largest absolute Gasteiger partial charge is 0.462 e. The lowest BCUT2D eigenvalue weighted by atomic mass is 10.2. The van der Waals surface area contributed by atoms with Gasteiger partial charge in [-0.05, 0) is 32.2 Å². The zero-order chi connectivity index (χ0) is 13.5. The van der Waals surface area contributed by atoms with Gasteiger partial charge in [0.25, 0.3) is 0 Å². The molecule has 0 saturated carbocycles. The summed E-state index contributed by atoms with van der Waals surface area (Å²) in [5.74, 6) is -0.452. The van der Waals surface area contributed by atoms with Crippen LogP contribution in [0.2, 0.25) is 0 Å². The molecule has 0 spiro atoms. The lowest BCUT2D eigenvalue weighted by molar-refractivity contribution is -0.117. The maximum absolute atomic E-state index is 11.7. The Bertz CT molecular complexity index is 438. The molecule has 0 aromatic heterocycles. The predicted octanol–water partition coefficient (Wildman–Crippen LogP) is 1.47. The first-order chi connectivity index (χ1) is 8.60. The first-order valence-electron chi connectivity index (χ1n) is 5.78. The SMILES string of the molecule is CCOC(=O)c1cccc(N(C)C(=O)CNC)c1.Cl. The number of halogens is 1. The topological polar surface area (TPSA) is 58.6 Å². The van der Waals surface area contributed by atoms with E-state index in [2.05, 4.69) is 5.32 Å². The van der Waals surface area contributed by atoms with E-state index in [1.54, 1.807) is 45.3 Å². The summed E-state index contributed by atoms with van der Waals surface area (Å²) in [5, 5.41) is 2.79. The molecule has 0 radical (unpaired) electrons. The normalized spacial score (nSPS) is 9.42. The van der Waals surface area contributed by atoms with E-state index >= 15 is 0 Å². The smallest absolute Gasteiger partial charge is 0.338 e. The van der Waals surface area contributed by atoms with E-state index in [0.29, 0.717) is 17.9 Å². The van der Waals surface area contributed by atoms with Crippen LogP contribution < -0.4 is 10.2 Å². The average Bonchev–Trinajstić information content (AvgIpc) is 2.38. The minimum Gasteiger partial charge on any atom is -0.462 e. The van der Waals surface area contributed by atoms with E-state index < -0.39 is 0 Å². The molecule has 1 rings (SSSR count). The van der Waals surface area contributed by atoms with Crippen molar-refractivity contribution >= 4 is 30.0 Å². The first kappa shape index (κ1) is 17.4. The van der Waals surface area contributed by atoms with E-state index in [1.165, 1.54) is 4.90 Å². The molecule has 5 nitrogen and oxygen atoms in total. The Morgan fingerprint density at radius 3 is 2.63 bits per heavy atom. The van der Waals surface area contributed by atoms with Crippen molar-refractivity contribution in [3.8, 4) is 0 Å². The molecular weight excluding hydrogens is 268 g/mol. The van der Waals surface area contributed by atoms with Gasteiger partial charge in [0.05, 0.1) is 18.7 Å². The summed E-state index contributed by atoms with van der Waals surface area (Å²) in [6.07, 6.45) is 0. The highest BCUT2D eigenvalue weighted by atomic mass is 35.5. The van der Waals surface area contributed by atoms with Crippen LogP contribution >= 0.6 is 12.4 Å². The minimum absolute atomic E-state index is 0. The standard InChI is InChI=1S/C13H18N2O3.ClH/c1-4-18-13(17)10-6-5-7-11(8-10)15(3)12(16)9-14-2;/h5-8,14H,4,9H2,1-3H3;1H. The van der Waals surface area contributed by atoms with Crippen molar-refractivity contribution in [1.29, 1.82) is 0 Å². The van der Waals surface area contributed by atoms with Crippen LogP contribution in [-0.4, -0.2) is 39.1 Å². The fourth-order valence-electron chi connectivity index (χ4n) is 1.47. The van der Waals surface area contributed by atoms with Gasteiger partial charge in [0.2, 0.25) is 5.91 Å². The summed E-state index contributed by atoms with van der Waals surface area (Å²) in [6.45, 7) is 2.34. The maximum Gasteiger partial charge on any atom is 0.338 e. The van der Waals surface area contributed by atoms with Gasteiger partial charge in [0.15, 0.2) is 0 Å². The summed E-state index contributed by atoms with van der Waals surface area (Å²) in [6, 6.07) is 6.81. The van der Waals surface area contributed by atoms with Gasteiger partial charge in [-0.2, -0.15) is 0 Å². The Hall–Kier alpha value is -1.59. The van der Waals surface area contributed by atoms with Gasteiger partial charge in [0.1, 0.15) is 0 Å². The molecule has 1 aromatic rings. The molecule has 0 unspecified atom stereocenters. The van der Waals surface area contributed by atoms with E-state index in [4.69, 9.17) is 4.74 Å². The lowest BCUT2D eigenvalue weighted by Crippen LogP contribution is -2.34. The molecule has 0 aliphatic rings. The number of carbonyl (C=O) groups is 2. The molecule has 0 bridgehead atoms. The number of hydrogen-bond donors (Lipinski definition) is 1. The number of ether oxygens (including phenoxy) is 1. The molecule has 106 valence electrons. The zero-order valence-corrected chi connectivity index (χ0v) is 12.1. The fourth-order valence-corrected chi connectivity index (χ4v) is 1.47. The molecule has 6 heteroatoms. The number of benzene rings is 1. The molecule has 1 amide bonds. The van der Waals surface area contributed by atoms with Crippen molar-refractivity contribution in [3.63, 3.8) is 0 Å². The van der Waals surface area contributed by atoms with Crippen molar-refractivity contribution in [2.75, 3.05) is 32.1 Å². The predicted molar refractivity (Wildman–Crippen MR) is 77.0 cm³/mol. The minimum atomic E-state index is -0.381. The molecule has 0 saturated heterocycles. The molecule has 1 aromatic carbocycles. The van der Waals surface area contributed by atoms with Crippen molar-refractivity contribution < 1.29 is 14.3 Å². The van der Waals surface area contributed by atoms with Crippen LogP contribution in [0, 0.1) is 0 Å². The molecule has 0 aliphatic heterocycles. The number of rotatable bonds is 5. The number of hydrogen-bond acceptors (Lipinski definition) is 4. The number of likely N-dealkylation sites (N-methyl/N-ethyl adjacent to an activating group) is 2. The monoisotopic (exact) mass is 286 g/mol. The molecule has 0 atom stereocenters. The second kappa shape index (κ2) is 8.50. The van der Waals surface area contributed by atoms with E-state index in [0.717, 1.165) is 0 Å². The summed E-state index contributed by atoms with van der Waals surface area (Å²) < 4.78 is 4.92. The second-order valence-corrected chi connectivity index (χ2v) is 3.75. The van der Waals surface area contributed by atoms with Gasteiger partial charge in [-0.15, -0.1) is 12.4 Å². The molecule has 1 N–H and O–H groups in total. The second-order valence-electron chi connectivity index (χ2n) is 3.75. The Kier molecular flexibility index (Phi) is 7.79. The third kappa shape index (κ3) is 4.89. The van der Waals surface area contributed by atoms with Gasteiger partial charge in [-0.25, -0.2) is 4.79 Å². The number of carbonyl (C=O) groups excluding carboxylic acids is 2. The van der Waals surface area contributed by atoms with Crippen LogP contribution in [0.4, 0.5) is 5.69 Å². The van der Waals surface area contributed by atoms with Crippen LogP contribution in [0.15, 0.2) is 24.3 Å². The number of nitrogens with zero attached hydrogens (tertiary/aromatic N) is 1. The summed E-state index contributed by atoms with van der Waals surface area (Å²) in [5.41, 5.74) is 1.11. The molecule has 19 heavy (non-hydrogen) atoms. The number of nitrogens with one attached hydrogen (secondary N) is 1. The Morgan fingerprint density at radius 2 is 2.05 bits per heavy atom. The van der Waals surface area contributed by atoms with E-state index in [-0.39, 0.29) is 30.8 Å². The van der Waals surface area contributed by atoms with Gasteiger partial charge in [0, 0.05) is 12.7 Å². The quantitative estimate of drug-likeness (QED) is 0.833. The van der Waals surface area contributed by atoms with E-state index in [1.807, 2.05) is 0 Å². The lowest BCUT2D eigenvalue weighted by Gasteiger charge is -2.17. The van der Waals surface area contributed by atoms with Crippen molar-refractivity contribution in [2.45, 2.75) is 6.92 Å². The Balaban J connectivity index is 0.00000324. The highest BCUT2D eigenvalue weighted by Gasteiger charge is 2.12. The van der Waals surface area contributed by atoms with Crippen LogP contribution in [0.25, 0.3) is 0 Å². The number of anilines is 1. The Labute approximate surface area is 119 Å². The summed E-state index contributed by atoms with van der Waals surface area (Å²) in [7, 11) is 3.38. The van der Waals surface area contributed by atoms with Gasteiger partial charge < -0.3 is 15.0 Å². The van der Waals surface area contributed by atoms with Crippen molar-refractivity contribution in [1.82, 2.24) is 5.32 Å². The van der Waals surface area contributed by atoms with Crippen LogP contribution in [0.5, 0.6) is 0 Å². The van der Waals surface area contributed by atoms with Crippen molar-refractivity contribution in [2.24, 2.45) is 0 Å². The first-order valence-corrected chi connectivity index (χ1v) is 5.78. The zero-order valence-electron chi connectivity index (χ0n) is 11.3. The number of esters is 1. The summed E-state index contributed by atoms with van der Waals surface area (Å²) in [4.78, 5) is 24.8. The highest BCUT2D eigenvalue weighted by Crippen LogP contribution is 2.15. The molecule has 0 fully saturated rings. The van der Waals surface area contributed by atoms with Gasteiger partial charge >= 0.3 is 5.97 Å². The van der Waals surface area contributed by atoms with Crippen LogP contribution in [-0.2, 0) is 9.53 Å². The number of amides is 1. The highest BCUT2D eigenvalue weighted by molar-refractivity contribution is 5.96. The van der Waals surface area contributed by atoms with Crippen LogP contribution in [0.1, 0.15) is 17.3 Å². The average molecular weight is 287 g/mol. The van der Waals surface area contributed by atoms with Crippen LogP contribution in [0.3, 0.4) is 0 Å². The third-order valence-corrected chi connectivity index (χ3v) is 2.45.